The molecule has 4 atom stereocenters. The Bertz CT molecular complexity index is 997. The zero-order valence-corrected chi connectivity index (χ0v) is 21.6. The van der Waals surface area contributed by atoms with Crippen molar-refractivity contribution in [2.45, 2.75) is 77.7 Å². The van der Waals surface area contributed by atoms with E-state index >= 15 is 0 Å². The lowest BCUT2D eigenvalue weighted by Gasteiger charge is -2.31. The predicted octanol–water partition coefficient (Wildman–Crippen LogP) is 4.65. The van der Waals surface area contributed by atoms with Crippen LogP contribution in [-0.4, -0.2) is 47.3 Å². The van der Waals surface area contributed by atoms with Crippen LogP contribution in [0, 0.1) is 11.8 Å². The van der Waals surface area contributed by atoms with Gasteiger partial charge in [-0.1, -0.05) is 50.6 Å². The summed E-state index contributed by atoms with van der Waals surface area (Å²) < 4.78 is 17.3. The molecule has 0 bridgehead atoms. The van der Waals surface area contributed by atoms with Crippen LogP contribution >= 0.6 is 0 Å². The molecule has 1 aliphatic rings. The summed E-state index contributed by atoms with van der Waals surface area (Å²) in [5.41, 5.74) is 0.898. The van der Waals surface area contributed by atoms with Gasteiger partial charge >= 0.3 is 5.97 Å². The molecule has 1 aliphatic heterocycles. The molecule has 36 heavy (non-hydrogen) atoms. The van der Waals surface area contributed by atoms with E-state index in [0.29, 0.717) is 25.4 Å². The smallest absolute Gasteiger partial charge is 0.328 e. The lowest BCUT2D eigenvalue weighted by atomic mass is 9.86. The Labute approximate surface area is 213 Å². The SMILES string of the molecule is COc1ccnc(C(=O)N[C@H]2CCC[C@H](OCc3ccccc3)[C@@H](CCC(C)C)[C@H](C)OC2=O)c1O. The molecule has 8 nitrogen and oxygen atoms in total. The van der Waals surface area contributed by atoms with E-state index in [2.05, 4.69) is 24.1 Å². The van der Waals surface area contributed by atoms with Gasteiger partial charge in [-0.05, 0) is 44.1 Å². The van der Waals surface area contributed by atoms with Crippen molar-refractivity contribution in [3.05, 3.63) is 53.9 Å². The fourth-order valence-corrected chi connectivity index (χ4v) is 4.57. The Kier molecular flexibility index (Phi) is 10.1. The van der Waals surface area contributed by atoms with Crippen molar-refractivity contribution in [1.82, 2.24) is 10.3 Å². The Morgan fingerprint density at radius 3 is 2.67 bits per heavy atom. The average molecular weight is 499 g/mol. The molecule has 3 rings (SSSR count). The maximum Gasteiger partial charge on any atom is 0.328 e. The fourth-order valence-electron chi connectivity index (χ4n) is 4.57. The highest BCUT2D eigenvalue weighted by Gasteiger charge is 2.35. The monoisotopic (exact) mass is 498 g/mol. The van der Waals surface area contributed by atoms with Crippen LogP contribution in [0.4, 0.5) is 0 Å². The normalized spacial score (nSPS) is 22.8. The number of nitrogens with one attached hydrogen (secondary N) is 1. The van der Waals surface area contributed by atoms with E-state index < -0.39 is 17.9 Å². The maximum absolute atomic E-state index is 13.1. The number of carbonyl (C=O) groups excluding carboxylic acids is 2. The molecule has 0 unspecified atom stereocenters. The van der Waals surface area contributed by atoms with Gasteiger partial charge in [0.2, 0.25) is 0 Å². The number of benzene rings is 1. The summed E-state index contributed by atoms with van der Waals surface area (Å²) in [6.45, 7) is 6.76. The first-order valence-electron chi connectivity index (χ1n) is 12.7. The number of methoxy groups -OCH3 is 1. The van der Waals surface area contributed by atoms with Gasteiger partial charge in [0.05, 0.1) is 19.8 Å². The van der Waals surface area contributed by atoms with Crippen LogP contribution < -0.4 is 10.1 Å². The van der Waals surface area contributed by atoms with Crippen molar-refractivity contribution in [2.24, 2.45) is 11.8 Å². The summed E-state index contributed by atoms with van der Waals surface area (Å²) in [5, 5.41) is 13.0. The van der Waals surface area contributed by atoms with Crippen molar-refractivity contribution in [2.75, 3.05) is 7.11 Å². The Balaban J connectivity index is 1.74. The van der Waals surface area contributed by atoms with Gasteiger partial charge in [0, 0.05) is 18.2 Å². The number of hydrogen-bond acceptors (Lipinski definition) is 7. The molecule has 2 N–H and O–H groups in total. The van der Waals surface area contributed by atoms with Crippen molar-refractivity contribution >= 4 is 11.9 Å². The second-order valence-electron chi connectivity index (χ2n) is 9.78. The number of aromatic hydroxyl groups is 1. The molecular weight excluding hydrogens is 460 g/mol. The van der Waals surface area contributed by atoms with E-state index in [0.717, 1.165) is 24.8 Å². The summed E-state index contributed by atoms with van der Waals surface area (Å²) in [7, 11) is 1.39. The lowest BCUT2D eigenvalue weighted by Crippen LogP contribution is -2.43. The van der Waals surface area contributed by atoms with Gasteiger partial charge in [-0.3, -0.25) is 4.79 Å². The highest BCUT2D eigenvalue weighted by atomic mass is 16.5. The molecule has 8 heteroatoms. The molecule has 1 aromatic heterocycles. The molecule has 0 radical (unpaired) electrons. The van der Waals surface area contributed by atoms with Crippen molar-refractivity contribution in [3.63, 3.8) is 0 Å². The molecule has 1 saturated heterocycles. The molecule has 1 amide bonds. The summed E-state index contributed by atoms with van der Waals surface area (Å²) in [5.74, 6) is -0.827. The minimum absolute atomic E-state index is 0.0404. The lowest BCUT2D eigenvalue weighted by molar-refractivity contribution is -0.156. The molecule has 1 aromatic carbocycles. The van der Waals surface area contributed by atoms with Crippen LogP contribution in [-0.2, 0) is 20.9 Å². The number of ether oxygens (including phenoxy) is 3. The second kappa shape index (κ2) is 13.3. The number of nitrogens with zero attached hydrogens (tertiary/aromatic N) is 1. The number of aromatic nitrogens is 1. The van der Waals surface area contributed by atoms with Crippen LogP contribution in [0.2, 0.25) is 0 Å². The van der Waals surface area contributed by atoms with Gasteiger partial charge < -0.3 is 24.6 Å². The first-order chi connectivity index (χ1) is 17.3. The molecular formula is C28H38N2O6. The number of cyclic esters (lactones) is 1. The zero-order chi connectivity index (χ0) is 26.1. The highest BCUT2D eigenvalue weighted by molar-refractivity contribution is 5.97. The summed E-state index contributed by atoms with van der Waals surface area (Å²) in [4.78, 5) is 29.9. The zero-order valence-electron chi connectivity index (χ0n) is 21.6. The van der Waals surface area contributed by atoms with Gasteiger partial charge in [-0.15, -0.1) is 0 Å². The predicted molar refractivity (Wildman–Crippen MR) is 136 cm³/mol. The van der Waals surface area contributed by atoms with Crippen molar-refractivity contribution in [1.29, 1.82) is 0 Å². The van der Waals surface area contributed by atoms with Gasteiger partial charge in [0.25, 0.3) is 5.91 Å². The maximum atomic E-state index is 13.1. The Morgan fingerprint density at radius 2 is 1.97 bits per heavy atom. The summed E-state index contributed by atoms with van der Waals surface area (Å²) in [6.07, 6.45) is 4.59. The first-order valence-corrected chi connectivity index (χ1v) is 12.7. The third-order valence-corrected chi connectivity index (χ3v) is 6.66. The Morgan fingerprint density at radius 1 is 1.22 bits per heavy atom. The van der Waals surface area contributed by atoms with E-state index in [1.54, 1.807) is 0 Å². The first kappa shape index (κ1) is 27.5. The van der Waals surface area contributed by atoms with Crippen LogP contribution in [0.15, 0.2) is 42.6 Å². The number of rotatable bonds is 9. The van der Waals surface area contributed by atoms with E-state index in [1.165, 1.54) is 19.4 Å². The number of esters is 1. The number of carbonyl (C=O) groups is 2. The van der Waals surface area contributed by atoms with Crippen molar-refractivity contribution < 1.29 is 28.9 Å². The van der Waals surface area contributed by atoms with Crippen LogP contribution in [0.3, 0.4) is 0 Å². The fraction of sp³-hybridized carbons (Fsp3) is 0.536. The van der Waals surface area contributed by atoms with Gasteiger partial charge in [0.1, 0.15) is 12.1 Å². The van der Waals surface area contributed by atoms with Crippen LogP contribution in [0.25, 0.3) is 0 Å². The molecule has 0 aliphatic carbocycles. The molecule has 0 saturated carbocycles. The average Bonchev–Trinajstić information content (AvgIpc) is 2.91. The Hall–Kier alpha value is -3.13. The molecule has 0 spiro atoms. The van der Waals surface area contributed by atoms with E-state index in [9.17, 15) is 14.7 Å². The largest absolute Gasteiger partial charge is 0.503 e. The third kappa shape index (κ3) is 7.43. The minimum atomic E-state index is -0.856. The molecule has 2 aromatic rings. The number of pyridine rings is 1. The van der Waals surface area contributed by atoms with Gasteiger partial charge in [-0.2, -0.15) is 0 Å². The summed E-state index contributed by atoms with van der Waals surface area (Å²) >= 11 is 0. The second-order valence-corrected chi connectivity index (χ2v) is 9.78. The van der Waals surface area contributed by atoms with Gasteiger partial charge in [-0.25, -0.2) is 9.78 Å². The molecule has 1 fully saturated rings. The topological polar surface area (TPSA) is 107 Å². The number of amides is 1. The standard InChI is InChI=1S/C28H38N2O6/c1-18(2)13-14-21-19(3)36-28(33)22(30-27(32)25-26(31)24(34-4)15-16-29-25)11-8-12-23(21)35-17-20-9-6-5-7-10-20/h5-7,9-10,15-16,18-19,21-23,31H,8,11-14,17H2,1-4H3,(H,30,32)/t19-,21-,22-,23-/m0/s1. The van der Waals surface area contributed by atoms with E-state index in [1.807, 2.05) is 37.3 Å². The molecule has 196 valence electrons. The highest BCUT2D eigenvalue weighted by Crippen LogP contribution is 2.31. The van der Waals surface area contributed by atoms with E-state index in [4.69, 9.17) is 14.2 Å². The van der Waals surface area contributed by atoms with E-state index in [-0.39, 0.29) is 35.3 Å². The molecule has 2 heterocycles. The summed E-state index contributed by atoms with van der Waals surface area (Å²) in [6, 6.07) is 10.6. The third-order valence-electron chi connectivity index (χ3n) is 6.66. The van der Waals surface area contributed by atoms with Crippen LogP contribution in [0.1, 0.15) is 68.9 Å². The minimum Gasteiger partial charge on any atom is -0.503 e. The van der Waals surface area contributed by atoms with Crippen LogP contribution in [0.5, 0.6) is 11.5 Å². The van der Waals surface area contributed by atoms with Crippen molar-refractivity contribution in [3.8, 4) is 11.5 Å². The quantitative estimate of drug-likeness (QED) is 0.485. The van der Waals surface area contributed by atoms with Gasteiger partial charge in [0.15, 0.2) is 17.2 Å². The number of hydrogen-bond donors (Lipinski definition) is 2.